The van der Waals surface area contributed by atoms with Crippen LogP contribution in [0.2, 0.25) is 5.02 Å². The average molecular weight is 387 g/mol. The van der Waals surface area contributed by atoms with Gasteiger partial charge in [-0.2, -0.15) is 5.10 Å². The molecule has 140 valence electrons. The van der Waals surface area contributed by atoms with Gasteiger partial charge in [0.2, 0.25) is 5.96 Å². The van der Waals surface area contributed by atoms with Crippen LogP contribution >= 0.6 is 11.6 Å². The van der Waals surface area contributed by atoms with Crippen LogP contribution in [-0.2, 0) is 11.3 Å². The number of benzene rings is 1. The van der Waals surface area contributed by atoms with Crippen molar-refractivity contribution in [2.24, 2.45) is 4.99 Å². The number of carbonyl (C=O) groups is 2. The van der Waals surface area contributed by atoms with Crippen LogP contribution in [-0.4, -0.2) is 56.7 Å². The minimum atomic E-state index is -0.650. The maximum atomic E-state index is 12.6. The lowest BCUT2D eigenvalue weighted by atomic mass is 10.1. The van der Waals surface area contributed by atoms with Gasteiger partial charge in [-0.1, -0.05) is 29.8 Å². The minimum absolute atomic E-state index is 0.369. The number of imide groups is 1. The molecule has 1 saturated heterocycles. The van der Waals surface area contributed by atoms with E-state index in [1.165, 1.54) is 4.90 Å². The summed E-state index contributed by atoms with van der Waals surface area (Å²) < 4.78 is 1.70. The number of aliphatic imine (C=N–C) groups is 1. The van der Waals surface area contributed by atoms with Crippen molar-refractivity contribution < 1.29 is 9.59 Å². The number of amides is 3. The summed E-state index contributed by atoms with van der Waals surface area (Å²) in [5.74, 6) is 0.141. The fourth-order valence-electron chi connectivity index (χ4n) is 3.50. The molecule has 2 aliphatic rings. The fraction of sp³-hybridized carbons (Fsp3) is 0.333. The van der Waals surface area contributed by atoms with E-state index in [1.807, 2.05) is 43.0 Å². The molecular formula is C18H19ClN6O2. The normalized spacial score (nSPS) is 22.0. The molecule has 1 aromatic heterocycles. The monoisotopic (exact) mass is 386 g/mol. The van der Waals surface area contributed by atoms with Gasteiger partial charge in [0.1, 0.15) is 0 Å². The highest BCUT2D eigenvalue weighted by Crippen LogP contribution is 2.28. The lowest BCUT2D eigenvalue weighted by Gasteiger charge is -2.36. The third kappa shape index (κ3) is 2.86. The predicted octanol–water partition coefficient (Wildman–Crippen LogP) is 1.75. The lowest BCUT2D eigenvalue weighted by Crippen LogP contribution is -2.63. The number of hydrogen-bond donors (Lipinski definition) is 1. The first-order valence-electron chi connectivity index (χ1n) is 8.56. The van der Waals surface area contributed by atoms with Gasteiger partial charge in [0, 0.05) is 24.3 Å². The quantitative estimate of drug-likeness (QED) is 0.852. The van der Waals surface area contributed by atoms with Crippen LogP contribution in [0.15, 0.2) is 35.3 Å². The first-order valence-corrected chi connectivity index (χ1v) is 8.94. The Kier molecular flexibility index (Phi) is 4.15. The summed E-state index contributed by atoms with van der Waals surface area (Å²) in [6, 6.07) is 8.29. The summed E-state index contributed by atoms with van der Waals surface area (Å²) in [5.41, 5.74) is 2.60. The summed E-state index contributed by atoms with van der Waals surface area (Å²) in [6.45, 7) is 4.19. The SMILES string of the molecule is Cc1cc(C)n(C2=NC3C(C(=O)NC(=O)N3C)N2Cc2ccccc2Cl)n1. The van der Waals surface area contributed by atoms with Gasteiger partial charge in [-0.25, -0.2) is 14.5 Å². The van der Waals surface area contributed by atoms with Crippen molar-refractivity contribution in [1.29, 1.82) is 0 Å². The summed E-state index contributed by atoms with van der Waals surface area (Å²) in [5, 5.41) is 7.51. The Labute approximate surface area is 161 Å². The lowest BCUT2D eigenvalue weighted by molar-refractivity contribution is -0.127. The largest absolute Gasteiger partial charge is 0.325 e. The number of carbonyl (C=O) groups excluding carboxylic acids is 2. The molecule has 1 fully saturated rings. The Balaban J connectivity index is 1.80. The number of nitrogens with zero attached hydrogens (tertiary/aromatic N) is 5. The number of likely N-dealkylation sites (N-methyl/N-ethyl adjacent to an activating group) is 1. The zero-order valence-electron chi connectivity index (χ0n) is 15.2. The number of halogens is 1. The molecule has 3 heterocycles. The maximum absolute atomic E-state index is 12.6. The van der Waals surface area contributed by atoms with Gasteiger partial charge < -0.3 is 9.80 Å². The number of hydrogen-bond acceptors (Lipinski definition) is 5. The first-order chi connectivity index (χ1) is 12.9. The number of aryl methyl sites for hydroxylation is 2. The van der Waals surface area contributed by atoms with E-state index in [2.05, 4.69) is 15.4 Å². The van der Waals surface area contributed by atoms with Crippen LogP contribution in [0.4, 0.5) is 4.79 Å². The zero-order chi connectivity index (χ0) is 19.3. The highest BCUT2D eigenvalue weighted by molar-refractivity contribution is 6.31. The Hall–Kier alpha value is -2.87. The molecule has 0 bridgehead atoms. The summed E-state index contributed by atoms with van der Waals surface area (Å²) in [7, 11) is 1.63. The van der Waals surface area contributed by atoms with Gasteiger partial charge in [-0.15, -0.1) is 0 Å². The highest BCUT2D eigenvalue weighted by atomic mass is 35.5. The summed E-state index contributed by atoms with van der Waals surface area (Å²) in [4.78, 5) is 32.7. The Morgan fingerprint density at radius 1 is 1.22 bits per heavy atom. The number of fused-ring (bicyclic) bond motifs is 1. The molecule has 0 spiro atoms. The number of urea groups is 1. The predicted molar refractivity (Wildman–Crippen MR) is 100 cm³/mol. The van der Waals surface area contributed by atoms with Crippen molar-refractivity contribution in [3.8, 4) is 0 Å². The minimum Gasteiger partial charge on any atom is -0.321 e. The Morgan fingerprint density at radius 3 is 2.63 bits per heavy atom. The van der Waals surface area contributed by atoms with E-state index in [9.17, 15) is 9.59 Å². The first kappa shape index (κ1) is 17.5. The van der Waals surface area contributed by atoms with Crippen LogP contribution in [0.25, 0.3) is 0 Å². The smallest absolute Gasteiger partial charge is 0.321 e. The van der Waals surface area contributed by atoms with Crippen LogP contribution in [0, 0.1) is 13.8 Å². The molecule has 2 aliphatic heterocycles. The molecule has 27 heavy (non-hydrogen) atoms. The molecule has 2 aromatic rings. The molecule has 1 N–H and O–H groups in total. The number of nitrogens with one attached hydrogen (secondary N) is 1. The maximum Gasteiger partial charge on any atom is 0.325 e. The van der Waals surface area contributed by atoms with Crippen molar-refractivity contribution in [2.75, 3.05) is 7.05 Å². The molecule has 4 rings (SSSR count). The van der Waals surface area contributed by atoms with E-state index >= 15 is 0 Å². The van der Waals surface area contributed by atoms with Crippen molar-refractivity contribution in [1.82, 2.24) is 24.9 Å². The van der Waals surface area contributed by atoms with Crippen molar-refractivity contribution in [2.45, 2.75) is 32.6 Å². The van der Waals surface area contributed by atoms with Crippen LogP contribution in [0.5, 0.6) is 0 Å². The number of aromatic nitrogens is 2. The van der Waals surface area contributed by atoms with Gasteiger partial charge in [0.05, 0.1) is 5.69 Å². The summed E-state index contributed by atoms with van der Waals surface area (Å²) >= 11 is 6.34. The average Bonchev–Trinajstić information content (AvgIpc) is 3.15. The molecule has 8 nitrogen and oxygen atoms in total. The Bertz CT molecular complexity index is 969. The zero-order valence-corrected chi connectivity index (χ0v) is 15.9. The molecule has 2 atom stereocenters. The molecular weight excluding hydrogens is 368 g/mol. The van der Waals surface area contributed by atoms with Crippen LogP contribution in [0.3, 0.4) is 0 Å². The van der Waals surface area contributed by atoms with Crippen LogP contribution < -0.4 is 5.32 Å². The second-order valence-corrected chi connectivity index (χ2v) is 7.16. The van der Waals surface area contributed by atoms with Crippen molar-refractivity contribution >= 4 is 29.5 Å². The highest BCUT2D eigenvalue weighted by Gasteiger charge is 2.49. The fourth-order valence-corrected chi connectivity index (χ4v) is 3.69. The van der Waals surface area contributed by atoms with E-state index in [0.29, 0.717) is 17.5 Å². The molecule has 0 saturated carbocycles. The molecule has 2 unspecified atom stereocenters. The van der Waals surface area contributed by atoms with Gasteiger partial charge >= 0.3 is 6.03 Å². The standard InChI is InChI=1S/C18H19ClN6O2/c1-10-8-11(2)25(22-10)17-20-15-14(16(26)21-18(27)23(15)3)24(17)9-12-6-4-5-7-13(12)19/h4-8,14-15H,9H2,1-3H3,(H,21,26,27). The van der Waals surface area contributed by atoms with Crippen molar-refractivity contribution in [3.63, 3.8) is 0 Å². The number of rotatable bonds is 2. The second-order valence-electron chi connectivity index (χ2n) is 6.75. The molecule has 1 aromatic carbocycles. The van der Waals surface area contributed by atoms with Gasteiger partial charge in [-0.05, 0) is 31.5 Å². The van der Waals surface area contributed by atoms with E-state index in [1.54, 1.807) is 17.8 Å². The van der Waals surface area contributed by atoms with E-state index < -0.39 is 18.2 Å². The van der Waals surface area contributed by atoms with E-state index in [0.717, 1.165) is 17.0 Å². The summed E-state index contributed by atoms with van der Waals surface area (Å²) in [6.07, 6.45) is -0.618. The van der Waals surface area contributed by atoms with Gasteiger partial charge in [-0.3, -0.25) is 10.1 Å². The van der Waals surface area contributed by atoms with Crippen LogP contribution in [0.1, 0.15) is 17.0 Å². The third-order valence-electron chi connectivity index (χ3n) is 4.84. The topological polar surface area (TPSA) is 82.8 Å². The van der Waals surface area contributed by atoms with Gasteiger partial charge in [0.25, 0.3) is 5.91 Å². The molecule has 3 amide bonds. The Morgan fingerprint density at radius 2 is 1.96 bits per heavy atom. The van der Waals surface area contributed by atoms with E-state index in [-0.39, 0.29) is 5.91 Å². The second kappa shape index (κ2) is 6.38. The molecule has 0 aliphatic carbocycles. The molecule has 0 radical (unpaired) electrons. The third-order valence-corrected chi connectivity index (χ3v) is 5.21. The van der Waals surface area contributed by atoms with Crippen molar-refractivity contribution in [3.05, 3.63) is 52.3 Å². The van der Waals surface area contributed by atoms with E-state index in [4.69, 9.17) is 11.6 Å². The molecule has 9 heteroatoms. The van der Waals surface area contributed by atoms with Gasteiger partial charge in [0.15, 0.2) is 12.2 Å².